The molecule has 1 aromatic rings. The van der Waals surface area contributed by atoms with Gasteiger partial charge in [0.2, 0.25) is 0 Å². The predicted octanol–water partition coefficient (Wildman–Crippen LogP) is 0.0645. The van der Waals surface area contributed by atoms with Crippen LogP contribution in [0.1, 0.15) is 0 Å². The van der Waals surface area contributed by atoms with E-state index >= 15 is 0 Å². The third kappa shape index (κ3) is 2.07. The summed E-state index contributed by atoms with van der Waals surface area (Å²) in [6.07, 6.45) is 0. The SMILES string of the molecule is NNc1ccc(OON)cc1[N+](=O)[O-]. The molecule has 0 unspecified atom stereocenters. The van der Waals surface area contributed by atoms with E-state index in [2.05, 4.69) is 21.2 Å². The van der Waals surface area contributed by atoms with E-state index in [4.69, 9.17) is 5.84 Å². The average Bonchev–Trinajstić information content (AvgIpc) is 2.18. The Morgan fingerprint density at radius 3 is 2.71 bits per heavy atom. The van der Waals surface area contributed by atoms with Crippen molar-refractivity contribution in [1.29, 1.82) is 0 Å². The minimum atomic E-state index is -0.613. The number of hydrogen-bond acceptors (Lipinski definition) is 7. The Morgan fingerprint density at radius 2 is 2.21 bits per heavy atom. The lowest BCUT2D eigenvalue weighted by molar-refractivity contribution is -0.384. The first-order valence-corrected chi connectivity index (χ1v) is 3.47. The van der Waals surface area contributed by atoms with Crippen LogP contribution in [0.5, 0.6) is 5.75 Å². The number of nitrogens with one attached hydrogen (secondary N) is 1. The number of hydrazine groups is 1. The van der Waals surface area contributed by atoms with Gasteiger partial charge < -0.3 is 10.3 Å². The molecule has 0 aromatic heterocycles. The van der Waals surface area contributed by atoms with Gasteiger partial charge >= 0.3 is 0 Å². The van der Waals surface area contributed by atoms with Gasteiger partial charge in [0, 0.05) is 0 Å². The van der Waals surface area contributed by atoms with Crippen molar-refractivity contribution in [2.24, 2.45) is 11.7 Å². The zero-order valence-electron chi connectivity index (χ0n) is 6.97. The molecule has 14 heavy (non-hydrogen) atoms. The Kier molecular flexibility index (Phi) is 3.18. The molecule has 0 saturated heterocycles. The summed E-state index contributed by atoms with van der Waals surface area (Å²) in [6, 6.07) is 3.91. The number of nitrogens with two attached hydrogens (primary N) is 2. The summed E-state index contributed by atoms with van der Waals surface area (Å²) < 4.78 is 0. The molecule has 0 aliphatic rings. The number of benzene rings is 1. The highest BCUT2D eigenvalue weighted by Gasteiger charge is 2.14. The van der Waals surface area contributed by atoms with Gasteiger partial charge in [-0.25, -0.2) is 0 Å². The number of nitrogens with zero attached hydrogens (tertiary/aromatic N) is 1. The van der Waals surface area contributed by atoms with Crippen molar-refractivity contribution in [2.45, 2.75) is 0 Å². The summed E-state index contributed by atoms with van der Waals surface area (Å²) in [4.78, 5) is 18.2. The van der Waals surface area contributed by atoms with Gasteiger partial charge in [-0.05, 0) is 12.1 Å². The Labute approximate surface area is 78.4 Å². The highest BCUT2D eigenvalue weighted by molar-refractivity contribution is 5.63. The van der Waals surface area contributed by atoms with Crippen molar-refractivity contribution < 1.29 is 14.8 Å². The van der Waals surface area contributed by atoms with Crippen molar-refractivity contribution in [3.8, 4) is 5.75 Å². The third-order valence-electron chi connectivity index (χ3n) is 1.47. The molecule has 0 radical (unpaired) electrons. The zero-order valence-corrected chi connectivity index (χ0v) is 6.97. The van der Waals surface area contributed by atoms with Crippen LogP contribution in [0.3, 0.4) is 0 Å². The number of nitro groups is 1. The predicted molar refractivity (Wildman–Crippen MR) is 46.8 cm³/mol. The Hall–Kier alpha value is -1.90. The van der Waals surface area contributed by atoms with Gasteiger partial charge in [0.15, 0.2) is 5.75 Å². The molecule has 1 aromatic carbocycles. The Balaban J connectivity index is 3.07. The monoisotopic (exact) mass is 200 g/mol. The first-order chi connectivity index (χ1) is 6.69. The van der Waals surface area contributed by atoms with Gasteiger partial charge in [0.25, 0.3) is 5.69 Å². The highest BCUT2D eigenvalue weighted by Crippen LogP contribution is 2.28. The van der Waals surface area contributed by atoms with Crippen LogP contribution < -0.4 is 22.1 Å². The number of rotatable bonds is 4. The molecule has 0 fully saturated rings. The maximum atomic E-state index is 10.5. The number of anilines is 1. The topological polar surface area (TPSA) is 126 Å². The van der Waals surface area contributed by atoms with Crippen LogP contribution in [-0.2, 0) is 4.99 Å². The second kappa shape index (κ2) is 4.37. The third-order valence-corrected chi connectivity index (χ3v) is 1.47. The summed E-state index contributed by atoms with van der Waals surface area (Å²) in [7, 11) is 0. The fraction of sp³-hybridized carbons (Fsp3) is 0. The van der Waals surface area contributed by atoms with Gasteiger partial charge in [-0.2, -0.15) is 5.90 Å². The molecule has 1 rings (SSSR count). The van der Waals surface area contributed by atoms with E-state index in [1.54, 1.807) is 0 Å². The van der Waals surface area contributed by atoms with Crippen LogP contribution in [0, 0.1) is 10.1 Å². The first kappa shape index (κ1) is 10.2. The minimum Gasteiger partial charge on any atom is -0.319 e. The van der Waals surface area contributed by atoms with E-state index in [-0.39, 0.29) is 17.1 Å². The molecule has 0 spiro atoms. The summed E-state index contributed by atoms with van der Waals surface area (Å²) in [6.45, 7) is 0. The van der Waals surface area contributed by atoms with Gasteiger partial charge in [0.05, 0.1) is 11.0 Å². The number of hydrogen-bond donors (Lipinski definition) is 3. The maximum absolute atomic E-state index is 10.5. The Bertz CT molecular complexity index is 343. The lowest BCUT2D eigenvalue weighted by Crippen LogP contribution is -2.09. The lowest BCUT2D eigenvalue weighted by Gasteiger charge is -2.03. The standard InChI is InChI=1S/C6H8N4O4/c7-9-5-2-1-4(13-14-8)3-6(5)10(11)12/h1-3,9H,7-8H2. The zero-order chi connectivity index (χ0) is 10.6. The van der Waals surface area contributed by atoms with Gasteiger partial charge in [0.1, 0.15) is 5.69 Å². The second-order valence-corrected chi connectivity index (χ2v) is 2.26. The molecular weight excluding hydrogens is 192 g/mol. The van der Waals surface area contributed by atoms with E-state index < -0.39 is 4.92 Å². The molecule has 5 N–H and O–H groups in total. The van der Waals surface area contributed by atoms with E-state index in [1.807, 2.05) is 0 Å². The molecule has 0 heterocycles. The molecule has 0 bridgehead atoms. The van der Waals surface area contributed by atoms with E-state index in [9.17, 15) is 10.1 Å². The van der Waals surface area contributed by atoms with Gasteiger partial charge in [-0.15, -0.1) is 0 Å². The van der Waals surface area contributed by atoms with Crippen molar-refractivity contribution in [1.82, 2.24) is 0 Å². The summed E-state index contributed by atoms with van der Waals surface area (Å²) >= 11 is 0. The normalized spacial score (nSPS) is 9.57. The van der Waals surface area contributed by atoms with Crippen LogP contribution in [0.15, 0.2) is 18.2 Å². The molecular formula is C6H8N4O4. The van der Waals surface area contributed by atoms with Crippen molar-refractivity contribution in [3.05, 3.63) is 28.3 Å². The molecule has 0 atom stereocenters. The number of nitro benzene ring substituents is 1. The van der Waals surface area contributed by atoms with Gasteiger partial charge in [-0.3, -0.25) is 16.0 Å². The molecule has 8 heteroatoms. The van der Waals surface area contributed by atoms with Crippen molar-refractivity contribution in [3.63, 3.8) is 0 Å². The van der Waals surface area contributed by atoms with Crippen molar-refractivity contribution in [2.75, 3.05) is 5.43 Å². The molecule has 0 amide bonds. The van der Waals surface area contributed by atoms with E-state index in [0.717, 1.165) is 6.07 Å². The molecule has 76 valence electrons. The largest absolute Gasteiger partial charge is 0.319 e. The van der Waals surface area contributed by atoms with Crippen LogP contribution in [0.2, 0.25) is 0 Å². The molecule has 0 aliphatic heterocycles. The van der Waals surface area contributed by atoms with Crippen molar-refractivity contribution >= 4 is 11.4 Å². The summed E-state index contributed by atoms with van der Waals surface area (Å²) in [5, 5.41) is 10.5. The fourth-order valence-corrected chi connectivity index (χ4v) is 0.892. The van der Waals surface area contributed by atoms with Gasteiger partial charge in [-0.1, -0.05) is 4.99 Å². The summed E-state index contributed by atoms with van der Waals surface area (Å²) in [5.74, 6) is 9.80. The maximum Gasteiger partial charge on any atom is 0.297 e. The molecule has 8 nitrogen and oxygen atoms in total. The Morgan fingerprint density at radius 1 is 1.50 bits per heavy atom. The second-order valence-electron chi connectivity index (χ2n) is 2.26. The first-order valence-electron chi connectivity index (χ1n) is 3.47. The van der Waals surface area contributed by atoms with E-state index in [1.165, 1.54) is 12.1 Å². The van der Waals surface area contributed by atoms with E-state index in [0.29, 0.717) is 0 Å². The number of nitrogen functional groups attached to an aromatic ring is 1. The van der Waals surface area contributed by atoms with Crippen LogP contribution in [0.25, 0.3) is 0 Å². The van der Waals surface area contributed by atoms with Crippen LogP contribution >= 0.6 is 0 Å². The molecule has 0 saturated carbocycles. The smallest absolute Gasteiger partial charge is 0.297 e. The van der Waals surface area contributed by atoms with Crippen LogP contribution in [0.4, 0.5) is 11.4 Å². The average molecular weight is 200 g/mol. The molecule has 0 aliphatic carbocycles. The summed E-state index contributed by atoms with van der Waals surface area (Å²) in [5.41, 5.74) is 2.11. The minimum absolute atomic E-state index is 0.109. The highest BCUT2D eigenvalue weighted by atomic mass is 17.3. The van der Waals surface area contributed by atoms with Crippen LogP contribution in [-0.4, -0.2) is 4.92 Å². The quantitative estimate of drug-likeness (QED) is 0.271. The fourth-order valence-electron chi connectivity index (χ4n) is 0.892. The lowest BCUT2D eigenvalue weighted by atomic mass is 10.2.